The van der Waals surface area contributed by atoms with Crippen molar-refractivity contribution in [3.05, 3.63) is 53.7 Å². The minimum atomic E-state index is 0.250. The molecular weight excluding hydrogens is 290 g/mol. The Labute approximate surface area is 135 Å². The van der Waals surface area contributed by atoms with Crippen LogP contribution in [0.1, 0.15) is 24.2 Å². The van der Waals surface area contributed by atoms with Crippen LogP contribution in [0.2, 0.25) is 0 Å². The van der Waals surface area contributed by atoms with Crippen molar-refractivity contribution in [3.63, 3.8) is 0 Å². The predicted molar refractivity (Wildman–Crippen MR) is 87.7 cm³/mol. The second-order valence-corrected chi connectivity index (χ2v) is 5.76. The van der Waals surface area contributed by atoms with Crippen LogP contribution in [0.3, 0.4) is 0 Å². The van der Waals surface area contributed by atoms with Gasteiger partial charge in [0, 0.05) is 17.3 Å². The van der Waals surface area contributed by atoms with Crippen LogP contribution in [-0.2, 0) is 13.1 Å². The molecule has 3 aromatic rings. The maximum absolute atomic E-state index is 5.69. The van der Waals surface area contributed by atoms with E-state index < -0.39 is 0 Å². The van der Waals surface area contributed by atoms with Crippen LogP contribution in [0.5, 0.6) is 0 Å². The monoisotopic (exact) mass is 311 g/mol. The summed E-state index contributed by atoms with van der Waals surface area (Å²) >= 11 is 0. The average Bonchev–Trinajstić information content (AvgIpc) is 3.13. The summed E-state index contributed by atoms with van der Waals surface area (Å²) in [5.41, 5.74) is 3.14. The topological polar surface area (TPSA) is 68.8 Å². The van der Waals surface area contributed by atoms with Crippen LogP contribution in [0, 0.1) is 13.8 Å². The van der Waals surface area contributed by atoms with Crippen LogP contribution in [0.15, 0.2) is 40.8 Å². The smallest absolute Gasteiger partial charge is 0.247 e. The van der Waals surface area contributed by atoms with E-state index in [2.05, 4.69) is 40.5 Å². The highest BCUT2D eigenvalue weighted by molar-refractivity contribution is 5.51. The highest BCUT2D eigenvalue weighted by Crippen LogP contribution is 2.16. The molecule has 23 heavy (non-hydrogen) atoms. The van der Waals surface area contributed by atoms with Crippen molar-refractivity contribution >= 4 is 0 Å². The molecule has 0 fully saturated rings. The SMILES string of the molecule is Cc1cc(C)n(C[C@H](C)NCc2nnc(-c3ccccc3)o2)n1. The molecule has 0 aliphatic heterocycles. The third-order valence-corrected chi connectivity index (χ3v) is 3.64. The molecule has 0 unspecified atom stereocenters. The van der Waals surface area contributed by atoms with Gasteiger partial charge in [0.25, 0.3) is 0 Å². The maximum atomic E-state index is 5.69. The number of nitrogens with one attached hydrogen (secondary N) is 1. The Hall–Kier alpha value is -2.47. The molecule has 3 rings (SSSR count). The molecule has 0 aliphatic carbocycles. The first-order valence-corrected chi connectivity index (χ1v) is 7.74. The summed E-state index contributed by atoms with van der Waals surface area (Å²) in [6.45, 7) is 7.53. The highest BCUT2D eigenvalue weighted by atomic mass is 16.4. The van der Waals surface area contributed by atoms with Gasteiger partial charge in [-0.05, 0) is 39.0 Å². The summed E-state index contributed by atoms with van der Waals surface area (Å²) in [7, 11) is 0. The lowest BCUT2D eigenvalue weighted by atomic mass is 10.2. The Kier molecular flexibility index (Phi) is 4.52. The molecule has 0 saturated heterocycles. The summed E-state index contributed by atoms with van der Waals surface area (Å²) in [4.78, 5) is 0. The van der Waals surface area contributed by atoms with Crippen molar-refractivity contribution in [1.29, 1.82) is 0 Å². The lowest BCUT2D eigenvalue weighted by Gasteiger charge is -2.13. The quantitative estimate of drug-likeness (QED) is 0.758. The number of aromatic nitrogens is 4. The van der Waals surface area contributed by atoms with E-state index in [0.29, 0.717) is 18.3 Å². The molecule has 120 valence electrons. The van der Waals surface area contributed by atoms with Crippen molar-refractivity contribution in [2.24, 2.45) is 0 Å². The van der Waals surface area contributed by atoms with Gasteiger partial charge in [-0.3, -0.25) is 4.68 Å². The van der Waals surface area contributed by atoms with E-state index in [9.17, 15) is 0 Å². The number of hydrogen-bond donors (Lipinski definition) is 1. The first-order chi connectivity index (χ1) is 11.1. The third-order valence-electron chi connectivity index (χ3n) is 3.64. The van der Waals surface area contributed by atoms with E-state index in [0.717, 1.165) is 17.8 Å². The molecule has 0 bridgehead atoms. The third kappa shape index (κ3) is 3.84. The molecule has 2 heterocycles. The van der Waals surface area contributed by atoms with E-state index >= 15 is 0 Å². The Morgan fingerprint density at radius 2 is 1.96 bits per heavy atom. The minimum Gasteiger partial charge on any atom is -0.419 e. The zero-order chi connectivity index (χ0) is 16.2. The summed E-state index contributed by atoms with van der Waals surface area (Å²) < 4.78 is 7.70. The maximum Gasteiger partial charge on any atom is 0.247 e. The standard InChI is InChI=1S/C17H21N5O/c1-12-9-14(3)22(21-12)11-13(2)18-10-16-19-20-17(23-16)15-7-5-4-6-8-15/h4-9,13,18H,10-11H2,1-3H3/t13-/m0/s1. The van der Waals surface area contributed by atoms with E-state index in [1.807, 2.05) is 41.9 Å². The highest BCUT2D eigenvalue weighted by Gasteiger charge is 2.11. The van der Waals surface area contributed by atoms with Crippen LogP contribution in [0.4, 0.5) is 0 Å². The molecule has 1 aromatic carbocycles. The van der Waals surface area contributed by atoms with Crippen LogP contribution < -0.4 is 5.32 Å². The largest absolute Gasteiger partial charge is 0.419 e. The van der Waals surface area contributed by atoms with Gasteiger partial charge < -0.3 is 9.73 Å². The normalized spacial score (nSPS) is 12.5. The van der Waals surface area contributed by atoms with Crippen molar-refractivity contribution in [1.82, 2.24) is 25.3 Å². The van der Waals surface area contributed by atoms with Crippen molar-refractivity contribution in [2.75, 3.05) is 0 Å². The Morgan fingerprint density at radius 3 is 2.65 bits per heavy atom. The molecular formula is C17H21N5O. The van der Waals surface area contributed by atoms with Gasteiger partial charge in [0.2, 0.25) is 11.8 Å². The molecule has 2 aromatic heterocycles. The zero-order valence-electron chi connectivity index (χ0n) is 13.7. The minimum absolute atomic E-state index is 0.250. The predicted octanol–water partition coefficient (Wildman–Crippen LogP) is 2.73. The zero-order valence-corrected chi connectivity index (χ0v) is 13.7. The Balaban J connectivity index is 1.56. The van der Waals surface area contributed by atoms with Crippen LogP contribution >= 0.6 is 0 Å². The molecule has 6 heteroatoms. The van der Waals surface area contributed by atoms with E-state index in [1.165, 1.54) is 5.69 Å². The number of hydrogen-bond acceptors (Lipinski definition) is 5. The van der Waals surface area contributed by atoms with E-state index in [-0.39, 0.29) is 6.04 Å². The van der Waals surface area contributed by atoms with Crippen molar-refractivity contribution in [2.45, 2.75) is 39.9 Å². The van der Waals surface area contributed by atoms with Crippen LogP contribution in [0.25, 0.3) is 11.5 Å². The average molecular weight is 311 g/mol. The molecule has 0 radical (unpaired) electrons. The lowest BCUT2D eigenvalue weighted by Crippen LogP contribution is -2.30. The van der Waals surface area contributed by atoms with Crippen molar-refractivity contribution < 1.29 is 4.42 Å². The first-order valence-electron chi connectivity index (χ1n) is 7.74. The molecule has 1 N–H and O–H groups in total. The second-order valence-electron chi connectivity index (χ2n) is 5.76. The number of benzene rings is 1. The van der Waals surface area contributed by atoms with E-state index in [4.69, 9.17) is 4.42 Å². The van der Waals surface area contributed by atoms with Gasteiger partial charge in [0.1, 0.15) is 0 Å². The lowest BCUT2D eigenvalue weighted by molar-refractivity contribution is 0.407. The molecule has 0 aliphatic rings. The molecule has 6 nitrogen and oxygen atoms in total. The van der Waals surface area contributed by atoms with Gasteiger partial charge in [-0.2, -0.15) is 5.10 Å². The summed E-state index contributed by atoms with van der Waals surface area (Å²) in [6, 6.07) is 12.1. The fraction of sp³-hybridized carbons (Fsp3) is 0.353. The number of nitrogens with zero attached hydrogens (tertiary/aromatic N) is 4. The van der Waals surface area contributed by atoms with Gasteiger partial charge >= 0.3 is 0 Å². The Morgan fingerprint density at radius 1 is 1.17 bits per heavy atom. The fourth-order valence-electron chi connectivity index (χ4n) is 2.47. The molecule has 1 atom stereocenters. The molecule has 0 spiro atoms. The first kappa shape index (κ1) is 15.4. The van der Waals surface area contributed by atoms with E-state index in [1.54, 1.807) is 0 Å². The fourth-order valence-corrected chi connectivity index (χ4v) is 2.47. The van der Waals surface area contributed by atoms with Crippen molar-refractivity contribution in [3.8, 4) is 11.5 Å². The second kappa shape index (κ2) is 6.75. The van der Waals surface area contributed by atoms with Gasteiger partial charge in [-0.1, -0.05) is 18.2 Å². The van der Waals surface area contributed by atoms with Crippen LogP contribution in [-0.4, -0.2) is 26.0 Å². The molecule has 0 saturated carbocycles. The number of aryl methyl sites for hydroxylation is 2. The number of rotatable bonds is 6. The summed E-state index contributed by atoms with van der Waals surface area (Å²) in [5.74, 6) is 1.14. The Bertz CT molecular complexity index is 762. The summed E-state index contributed by atoms with van der Waals surface area (Å²) in [5, 5.41) is 16.0. The van der Waals surface area contributed by atoms with Gasteiger partial charge in [0.05, 0.1) is 18.8 Å². The molecule has 0 amide bonds. The van der Waals surface area contributed by atoms with Gasteiger partial charge in [-0.25, -0.2) is 0 Å². The van der Waals surface area contributed by atoms with Gasteiger partial charge in [0.15, 0.2) is 0 Å². The summed E-state index contributed by atoms with van der Waals surface area (Å²) in [6.07, 6.45) is 0. The van der Waals surface area contributed by atoms with Gasteiger partial charge in [-0.15, -0.1) is 10.2 Å².